The van der Waals surface area contributed by atoms with Crippen LogP contribution in [0.15, 0.2) is 42.5 Å². The van der Waals surface area contributed by atoms with Crippen molar-refractivity contribution in [3.63, 3.8) is 0 Å². The van der Waals surface area contributed by atoms with Crippen molar-refractivity contribution in [1.29, 1.82) is 0 Å². The molecule has 3 rings (SSSR count). The fourth-order valence-electron chi connectivity index (χ4n) is 3.94. The van der Waals surface area contributed by atoms with E-state index in [-0.39, 0.29) is 17.7 Å². The summed E-state index contributed by atoms with van der Waals surface area (Å²) in [6, 6.07) is 12.4. The van der Waals surface area contributed by atoms with E-state index in [9.17, 15) is 13.2 Å². The number of carbonyl (C=O) groups excluding carboxylic acids is 1. The Morgan fingerprint density at radius 2 is 1.83 bits per heavy atom. The molecule has 1 amide bonds. The summed E-state index contributed by atoms with van der Waals surface area (Å²) in [4.78, 5) is 14.5. The van der Waals surface area contributed by atoms with E-state index in [1.165, 1.54) is 6.26 Å². The van der Waals surface area contributed by atoms with Crippen LogP contribution in [0.2, 0.25) is 0 Å². The molecule has 1 aromatic heterocycles. The van der Waals surface area contributed by atoms with Gasteiger partial charge in [-0.25, -0.2) is 8.42 Å². The van der Waals surface area contributed by atoms with Gasteiger partial charge in [-0.2, -0.15) is 0 Å². The summed E-state index contributed by atoms with van der Waals surface area (Å²) in [5.41, 5.74) is 4.36. The number of rotatable bonds is 7. The Bertz CT molecular complexity index is 1000. The highest BCUT2D eigenvalue weighted by Crippen LogP contribution is 2.21. The van der Waals surface area contributed by atoms with Gasteiger partial charge in [0.15, 0.2) is 0 Å². The SMILES string of the molecule is Cc1cc(/C=C/C(=O)NC2CCN(CCS(C)(=O)=O)CC2)c(C)n1-c1ccccc1. The number of hydrogen-bond donors (Lipinski definition) is 1. The number of hydrogen-bond acceptors (Lipinski definition) is 4. The molecular formula is C23H31N3O3S. The van der Waals surface area contributed by atoms with Crippen LogP contribution in [0.1, 0.15) is 29.8 Å². The Morgan fingerprint density at radius 3 is 2.47 bits per heavy atom. The highest BCUT2D eigenvalue weighted by atomic mass is 32.2. The smallest absolute Gasteiger partial charge is 0.244 e. The molecule has 1 fully saturated rings. The molecule has 0 saturated carbocycles. The first-order valence-corrected chi connectivity index (χ1v) is 12.4. The zero-order valence-electron chi connectivity index (χ0n) is 18.0. The van der Waals surface area contributed by atoms with Crippen molar-refractivity contribution in [2.24, 2.45) is 0 Å². The Morgan fingerprint density at radius 1 is 1.17 bits per heavy atom. The number of nitrogens with zero attached hydrogens (tertiary/aromatic N) is 2. The number of nitrogens with one attached hydrogen (secondary N) is 1. The molecule has 0 unspecified atom stereocenters. The van der Waals surface area contributed by atoms with Crippen molar-refractivity contribution >= 4 is 21.8 Å². The molecule has 6 nitrogen and oxygen atoms in total. The molecule has 2 aromatic rings. The van der Waals surface area contributed by atoms with Gasteiger partial charge >= 0.3 is 0 Å². The molecule has 0 bridgehead atoms. The lowest BCUT2D eigenvalue weighted by Gasteiger charge is -2.31. The number of aromatic nitrogens is 1. The standard InChI is InChI=1S/C23H31N3O3S/c1-18-17-20(19(2)26(18)22-7-5-4-6-8-22)9-10-23(27)24-21-11-13-25(14-12-21)15-16-30(3,28)29/h4-10,17,21H,11-16H2,1-3H3,(H,24,27)/b10-9+. The zero-order valence-corrected chi connectivity index (χ0v) is 18.8. The molecule has 7 heteroatoms. The van der Waals surface area contributed by atoms with E-state index >= 15 is 0 Å². The van der Waals surface area contributed by atoms with Crippen molar-refractivity contribution in [3.05, 3.63) is 59.4 Å². The first-order chi connectivity index (χ1) is 14.2. The van der Waals surface area contributed by atoms with Crippen LogP contribution in [0.4, 0.5) is 0 Å². The van der Waals surface area contributed by atoms with Crippen molar-refractivity contribution in [2.45, 2.75) is 32.7 Å². The van der Waals surface area contributed by atoms with E-state index in [1.54, 1.807) is 6.08 Å². The number of carbonyl (C=O) groups is 1. The number of sulfone groups is 1. The molecule has 30 heavy (non-hydrogen) atoms. The molecule has 0 aliphatic carbocycles. The van der Waals surface area contributed by atoms with Crippen molar-refractivity contribution < 1.29 is 13.2 Å². The maximum absolute atomic E-state index is 12.4. The predicted octanol–water partition coefficient (Wildman–Crippen LogP) is 2.73. The lowest BCUT2D eigenvalue weighted by atomic mass is 10.1. The topological polar surface area (TPSA) is 71.4 Å². The zero-order chi connectivity index (χ0) is 21.7. The molecule has 0 radical (unpaired) electrons. The molecule has 162 valence electrons. The molecule has 0 atom stereocenters. The third-order valence-corrected chi connectivity index (χ3v) is 6.54. The summed E-state index contributed by atoms with van der Waals surface area (Å²) < 4.78 is 24.8. The minimum Gasteiger partial charge on any atom is -0.350 e. The van der Waals surface area contributed by atoms with Gasteiger partial charge in [0.25, 0.3) is 0 Å². The highest BCUT2D eigenvalue weighted by molar-refractivity contribution is 7.90. The normalized spacial score (nSPS) is 16.2. The first kappa shape index (κ1) is 22.3. The van der Waals surface area contributed by atoms with Gasteiger partial charge in [-0.15, -0.1) is 0 Å². The first-order valence-electron chi connectivity index (χ1n) is 10.4. The van der Waals surface area contributed by atoms with Crippen LogP contribution in [0.5, 0.6) is 0 Å². The van der Waals surface area contributed by atoms with E-state index in [2.05, 4.69) is 46.8 Å². The second-order valence-electron chi connectivity index (χ2n) is 8.09. The molecule has 0 spiro atoms. The molecule has 1 aliphatic rings. The molecule has 1 saturated heterocycles. The lowest BCUT2D eigenvalue weighted by Crippen LogP contribution is -2.45. The van der Waals surface area contributed by atoms with Gasteiger partial charge in [-0.3, -0.25) is 4.79 Å². The van der Waals surface area contributed by atoms with Gasteiger partial charge in [-0.05, 0) is 56.5 Å². The minimum absolute atomic E-state index is 0.0888. The van der Waals surface area contributed by atoms with Crippen LogP contribution >= 0.6 is 0 Å². The summed E-state index contributed by atoms with van der Waals surface area (Å²) >= 11 is 0. The van der Waals surface area contributed by atoms with Gasteiger partial charge < -0.3 is 14.8 Å². The number of piperidine rings is 1. The summed E-state index contributed by atoms with van der Waals surface area (Å²) in [6.45, 7) is 6.31. The second kappa shape index (κ2) is 9.62. The van der Waals surface area contributed by atoms with E-state index < -0.39 is 9.84 Å². The Labute approximate surface area is 179 Å². The molecule has 1 N–H and O–H groups in total. The maximum Gasteiger partial charge on any atom is 0.244 e. The Hall–Kier alpha value is -2.38. The second-order valence-corrected chi connectivity index (χ2v) is 10.3. The average Bonchev–Trinajstić information content (AvgIpc) is 2.99. The van der Waals surface area contributed by atoms with Gasteiger partial charge in [0.1, 0.15) is 9.84 Å². The third kappa shape index (κ3) is 6.06. The summed E-state index contributed by atoms with van der Waals surface area (Å²) in [7, 11) is -2.93. The monoisotopic (exact) mass is 429 g/mol. The molecule has 2 heterocycles. The van der Waals surface area contributed by atoms with Crippen molar-refractivity contribution in [3.8, 4) is 5.69 Å². The lowest BCUT2D eigenvalue weighted by molar-refractivity contribution is -0.117. The van der Waals surface area contributed by atoms with Crippen LogP contribution in [0.3, 0.4) is 0 Å². The fourth-order valence-corrected chi connectivity index (χ4v) is 4.53. The van der Waals surface area contributed by atoms with E-state index in [0.717, 1.165) is 48.6 Å². The maximum atomic E-state index is 12.4. The largest absolute Gasteiger partial charge is 0.350 e. The molecular weight excluding hydrogens is 398 g/mol. The van der Waals surface area contributed by atoms with Crippen molar-refractivity contribution in [2.75, 3.05) is 31.6 Å². The Kier molecular flexibility index (Phi) is 7.15. The highest BCUT2D eigenvalue weighted by Gasteiger charge is 2.20. The van der Waals surface area contributed by atoms with E-state index in [1.807, 2.05) is 24.3 Å². The summed E-state index contributed by atoms with van der Waals surface area (Å²) in [5.74, 6) is 0.0999. The number of likely N-dealkylation sites (tertiary alicyclic amines) is 1. The van der Waals surface area contributed by atoms with Crippen LogP contribution < -0.4 is 5.32 Å². The van der Waals surface area contributed by atoms with Crippen molar-refractivity contribution in [1.82, 2.24) is 14.8 Å². The van der Waals surface area contributed by atoms with Gasteiger partial charge in [-0.1, -0.05) is 18.2 Å². The van der Waals surface area contributed by atoms with E-state index in [0.29, 0.717) is 6.54 Å². The van der Waals surface area contributed by atoms with Gasteiger partial charge in [0.2, 0.25) is 5.91 Å². The number of amides is 1. The molecule has 1 aliphatic heterocycles. The number of para-hydroxylation sites is 1. The van der Waals surface area contributed by atoms with Crippen LogP contribution in [0, 0.1) is 13.8 Å². The third-order valence-electron chi connectivity index (χ3n) is 5.61. The van der Waals surface area contributed by atoms with Gasteiger partial charge in [0.05, 0.1) is 5.75 Å². The fraction of sp³-hybridized carbons (Fsp3) is 0.435. The van der Waals surface area contributed by atoms with Crippen LogP contribution in [-0.2, 0) is 14.6 Å². The average molecular weight is 430 g/mol. The minimum atomic E-state index is -2.93. The van der Waals surface area contributed by atoms with E-state index in [4.69, 9.17) is 0 Å². The Balaban J connectivity index is 1.54. The summed E-state index contributed by atoms with van der Waals surface area (Å²) in [6.07, 6.45) is 6.42. The van der Waals surface area contributed by atoms with Crippen LogP contribution in [0.25, 0.3) is 11.8 Å². The summed E-state index contributed by atoms with van der Waals surface area (Å²) in [5, 5.41) is 3.08. The predicted molar refractivity (Wildman–Crippen MR) is 122 cm³/mol. The quantitative estimate of drug-likeness (QED) is 0.687. The molecule has 1 aromatic carbocycles. The number of benzene rings is 1. The van der Waals surface area contributed by atoms with Gasteiger partial charge in [0, 0.05) is 55.1 Å². The van der Waals surface area contributed by atoms with Crippen LogP contribution in [-0.4, -0.2) is 61.5 Å². The number of aryl methyl sites for hydroxylation is 1.